The predicted octanol–water partition coefficient (Wildman–Crippen LogP) is 2.20. The maximum Gasteiger partial charge on any atom is 0.273 e. The second-order valence-electron chi connectivity index (χ2n) is 6.23. The fourth-order valence-electron chi connectivity index (χ4n) is 3.02. The summed E-state index contributed by atoms with van der Waals surface area (Å²) in [7, 11) is 0. The van der Waals surface area contributed by atoms with Gasteiger partial charge in [-0.2, -0.15) is 0 Å². The van der Waals surface area contributed by atoms with Crippen LogP contribution in [0.3, 0.4) is 0 Å². The molecule has 1 heterocycles. The monoisotopic (exact) mass is 334 g/mol. The van der Waals surface area contributed by atoms with Crippen molar-refractivity contribution in [3.8, 4) is 5.69 Å². The SMILES string of the molecule is CC1(CO)CCCC1NC(=O)c1cn(-c2ccccc2Cl)nn1. The predicted molar refractivity (Wildman–Crippen MR) is 86.7 cm³/mol. The van der Waals surface area contributed by atoms with E-state index in [2.05, 4.69) is 15.6 Å². The summed E-state index contributed by atoms with van der Waals surface area (Å²) in [5.41, 5.74) is 0.632. The summed E-state index contributed by atoms with van der Waals surface area (Å²) in [4.78, 5) is 12.4. The van der Waals surface area contributed by atoms with Gasteiger partial charge in [0.25, 0.3) is 5.91 Å². The number of aliphatic hydroxyl groups is 1. The third kappa shape index (κ3) is 3.09. The molecule has 1 aromatic heterocycles. The first-order valence-corrected chi connectivity index (χ1v) is 8.00. The summed E-state index contributed by atoms with van der Waals surface area (Å²) in [6.45, 7) is 2.05. The van der Waals surface area contributed by atoms with Crippen LogP contribution in [0.2, 0.25) is 5.02 Å². The number of hydrogen-bond acceptors (Lipinski definition) is 4. The molecule has 1 aliphatic rings. The number of rotatable bonds is 4. The molecule has 2 atom stereocenters. The zero-order valence-electron chi connectivity index (χ0n) is 12.9. The van der Waals surface area contributed by atoms with Gasteiger partial charge in [-0.3, -0.25) is 4.79 Å². The summed E-state index contributed by atoms with van der Waals surface area (Å²) >= 11 is 6.12. The molecule has 0 radical (unpaired) electrons. The summed E-state index contributed by atoms with van der Waals surface area (Å²) in [5, 5.41) is 21.0. The first-order valence-electron chi connectivity index (χ1n) is 7.62. The lowest BCUT2D eigenvalue weighted by Gasteiger charge is -2.29. The van der Waals surface area contributed by atoms with Gasteiger partial charge in [-0.1, -0.05) is 42.3 Å². The van der Waals surface area contributed by atoms with E-state index < -0.39 is 0 Å². The zero-order chi connectivity index (χ0) is 16.4. The van der Waals surface area contributed by atoms with Gasteiger partial charge in [0.15, 0.2) is 5.69 Å². The molecular weight excluding hydrogens is 316 g/mol. The highest BCUT2D eigenvalue weighted by Gasteiger charge is 2.39. The van der Waals surface area contributed by atoms with Gasteiger partial charge < -0.3 is 10.4 Å². The largest absolute Gasteiger partial charge is 0.396 e. The molecule has 23 heavy (non-hydrogen) atoms. The van der Waals surface area contributed by atoms with Crippen molar-refractivity contribution in [3.63, 3.8) is 0 Å². The van der Waals surface area contributed by atoms with Crippen molar-refractivity contribution in [2.75, 3.05) is 6.61 Å². The molecule has 6 nitrogen and oxygen atoms in total. The van der Waals surface area contributed by atoms with Crippen LogP contribution in [-0.4, -0.2) is 38.7 Å². The normalized spacial score (nSPS) is 23.9. The zero-order valence-corrected chi connectivity index (χ0v) is 13.6. The Bertz CT molecular complexity index is 718. The molecule has 3 rings (SSSR count). The molecule has 1 fully saturated rings. The molecule has 7 heteroatoms. The maximum atomic E-state index is 12.4. The summed E-state index contributed by atoms with van der Waals surface area (Å²) in [5.74, 6) is -0.283. The van der Waals surface area contributed by atoms with Crippen molar-refractivity contribution in [1.82, 2.24) is 20.3 Å². The minimum absolute atomic E-state index is 0.0505. The van der Waals surface area contributed by atoms with Gasteiger partial charge in [-0.15, -0.1) is 5.10 Å². The van der Waals surface area contributed by atoms with E-state index in [-0.39, 0.29) is 29.7 Å². The molecule has 1 aliphatic carbocycles. The molecule has 0 aliphatic heterocycles. The van der Waals surface area contributed by atoms with Gasteiger partial charge in [-0.25, -0.2) is 4.68 Å². The minimum atomic E-state index is -0.283. The van der Waals surface area contributed by atoms with Crippen LogP contribution in [0.1, 0.15) is 36.7 Å². The number of para-hydroxylation sites is 1. The number of aromatic nitrogens is 3. The van der Waals surface area contributed by atoms with E-state index in [0.717, 1.165) is 19.3 Å². The van der Waals surface area contributed by atoms with Gasteiger partial charge in [-0.05, 0) is 25.0 Å². The number of carbonyl (C=O) groups excluding carboxylic acids is 1. The molecule has 0 bridgehead atoms. The number of aliphatic hydroxyl groups excluding tert-OH is 1. The van der Waals surface area contributed by atoms with E-state index in [1.807, 2.05) is 19.1 Å². The third-order valence-corrected chi connectivity index (χ3v) is 4.89. The molecule has 1 saturated carbocycles. The van der Waals surface area contributed by atoms with Crippen molar-refractivity contribution in [1.29, 1.82) is 0 Å². The highest BCUT2D eigenvalue weighted by molar-refractivity contribution is 6.32. The third-order valence-electron chi connectivity index (χ3n) is 4.57. The fourth-order valence-corrected chi connectivity index (χ4v) is 3.25. The Morgan fingerprint density at radius 1 is 1.52 bits per heavy atom. The Labute approximate surface area is 139 Å². The lowest BCUT2D eigenvalue weighted by molar-refractivity contribution is 0.0826. The van der Waals surface area contributed by atoms with E-state index in [1.165, 1.54) is 4.68 Å². The second kappa shape index (κ2) is 6.29. The van der Waals surface area contributed by atoms with Crippen molar-refractivity contribution in [2.24, 2.45) is 5.41 Å². The number of nitrogens with one attached hydrogen (secondary N) is 1. The lowest BCUT2D eigenvalue weighted by atomic mass is 9.86. The maximum absolute atomic E-state index is 12.4. The number of carbonyl (C=O) groups is 1. The van der Waals surface area contributed by atoms with Crippen molar-refractivity contribution < 1.29 is 9.90 Å². The Hall–Kier alpha value is -1.92. The van der Waals surface area contributed by atoms with E-state index in [1.54, 1.807) is 18.3 Å². The number of benzene rings is 1. The highest BCUT2D eigenvalue weighted by atomic mass is 35.5. The Morgan fingerprint density at radius 2 is 2.30 bits per heavy atom. The van der Waals surface area contributed by atoms with Gasteiger partial charge in [0.05, 0.1) is 23.5 Å². The summed E-state index contributed by atoms with van der Waals surface area (Å²) in [6.07, 6.45) is 4.32. The second-order valence-corrected chi connectivity index (χ2v) is 6.64. The first kappa shape index (κ1) is 16.0. The number of halogens is 1. The van der Waals surface area contributed by atoms with Crippen molar-refractivity contribution in [3.05, 3.63) is 41.2 Å². The van der Waals surface area contributed by atoms with Crippen molar-refractivity contribution >= 4 is 17.5 Å². The van der Waals surface area contributed by atoms with E-state index in [9.17, 15) is 9.90 Å². The Kier molecular flexibility index (Phi) is 4.37. The van der Waals surface area contributed by atoms with Gasteiger partial charge in [0.2, 0.25) is 0 Å². The molecular formula is C16H19ClN4O2. The fraction of sp³-hybridized carbons (Fsp3) is 0.438. The van der Waals surface area contributed by atoms with Crippen LogP contribution in [-0.2, 0) is 0 Å². The van der Waals surface area contributed by atoms with Crippen LogP contribution in [0.25, 0.3) is 5.69 Å². The molecule has 0 spiro atoms. The van der Waals surface area contributed by atoms with Crippen LogP contribution < -0.4 is 5.32 Å². The molecule has 0 saturated heterocycles. The standard InChI is InChI=1S/C16H19ClN4O2/c1-16(10-22)8-4-7-14(16)18-15(23)12-9-21(20-19-12)13-6-3-2-5-11(13)17/h2-3,5-6,9,14,22H,4,7-8,10H2,1H3,(H,18,23). The van der Waals surface area contributed by atoms with Crippen LogP contribution in [0, 0.1) is 5.41 Å². The van der Waals surface area contributed by atoms with E-state index in [0.29, 0.717) is 10.7 Å². The topological polar surface area (TPSA) is 80.0 Å². The lowest BCUT2D eigenvalue weighted by Crippen LogP contribution is -2.44. The highest BCUT2D eigenvalue weighted by Crippen LogP contribution is 2.37. The van der Waals surface area contributed by atoms with Crippen LogP contribution in [0.15, 0.2) is 30.5 Å². The quantitative estimate of drug-likeness (QED) is 0.898. The molecule has 1 aromatic carbocycles. The molecule has 2 unspecified atom stereocenters. The van der Waals surface area contributed by atoms with Crippen LogP contribution in [0.5, 0.6) is 0 Å². The van der Waals surface area contributed by atoms with Gasteiger partial charge in [0.1, 0.15) is 0 Å². The molecule has 2 aromatic rings. The average Bonchev–Trinajstić information content (AvgIpc) is 3.16. The molecule has 1 amide bonds. The van der Waals surface area contributed by atoms with E-state index >= 15 is 0 Å². The average molecular weight is 335 g/mol. The minimum Gasteiger partial charge on any atom is -0.396 e. The van der Waals surface area contributed by atoms with Crippen LogP contribution in [0.4, 0.5) is 0 Å². The number of hydrogen-bond donors (Lipinski definition) is 2. The van der Waals surface area contributed by atoms with E-state index in [4.69, 9.17) is 11.6 Å². The van der Waals surface area contributed by atoms with Gasteiger partial charge in [0, 0.05) is 11.5 Å². The summed E-state index contributed by atoms with van der Waals surface area (Å²) < 4.78 is 1.48. The first-order chi connectivity index (χ1) is 11.0. The van der Waals surface area contributed by atoms with Crippen LogP contribution >= 0.6 is 11.6 Å². The van der Waals surface area contributed by atoms with Crippen molar-refractivity contribution in [2.45, 2.75) is 32.2 Å². The smallest absolute Gasteiger partial charge is 0.273 e. The molecule has 2 N–H and O–H groups in total. The Balaban J connectivity index is 1.76. The Morgan fingerprint density at radius 3 is 3.04 bits per heavy atom. The van der Waals surface area contributed by atoms with Gasteiger partial charge >= 0.3 is 0 Å². The molecule has 122 valence electrons. The summed E-state index contributed by atoms with van der Waals surface area (Å²) in [6, 6.07) is 7.17. The number of amides is 1. The number of nitrogens with zero attached hydrogens (tertiary/aromatic N) is 3.